The number of carbonyl (C=O) groups is 1. The lowest BCUT2D eigenvalue weighted by molar-refractivity contribution is -0.153. The highest BCUT2D eigenvalue weighted by atomic mass is 32.2. The number of alkyl halides is 3. The van der Waals surface area contributed by atoms with Crippen LogP contribution in [-0.2, 0) is 39.5 Å². The lowest BCUT2D eigenvalue weighted by atomic mass is 9.82. The first kappa shape index (κ1) is 31.9. The zero-order valence-corrected chi connectivity index (χ0v) is 25.4. The molecule has 0 bridgehead atoms. The Hall–Kier alpha value is -4.52. The van der Waals surface area contributed by atoms with E-state index in [0.717, 1.165) is 27.6 Å². The molecule has 5 rings (SSSR count). The third-order valence-corrected chi connectivity index (χ3v) is 9.67. The van der Waals surface area contributed by atoms with Crippen LogP contribution in [0.25, 0.3) is 22.0 Å². The number of benzene rings is 3. The van der Waals surface area contributed by atoms with Crippen LogP contribution in [0.5, 0.6) is 0 Å². The topological polar surface area (TPSA) is 113 Å². The number of furan rings is 1. The van der Waals surface area contributed by atoms with Crippen LogP contribution in [0.15, 0.2) is 100 Å². The highest BCUT2D eigenvalue weighted by molar-refractivity contribution is 7.89. The standard InChI is InChI=1S/C33H30F3N3O5S/c1-21-9-12-24-7-5-17-37-29(24)30(21)45(42,43)39(20-27-15-16-28(44-27)33(34,35)36)19-22-10-13-23(14-11-22)25-6-4-8-26(18-25)32(2,3)31(40)38-41/h4-18,41H,19-20H2,1-3H3,(H,38,40). The minimum Gasteiger partial charge on any atom is -0.455 e. The summed E-state index contributed by atoms with van der Waals surface area (Å²) in [7, 11) is -4.30. The van der Waals surface area contributed by atoms with Gasteiger partial charge >= 0.3 is 6.18 Å². The zero-order valence-electron chi connectivity index (χ0n) is 24.6. The number of halogens is 3. The molecule has 2 aromatic heterocycles. The number of nitrogens with zero attached hydrogens (tertiary/aromatic N) is 2. The number of hydrogen-bond donors (Lipinski definition) is 2. The molecule has 0 aliphatic rings. The summed E-state index contributed by atoms with van der Waals surface area (Å²) in [5, 5.41) is 9.74. The summed E-state index contributed by atoms with van der Waals surface area (Å²) in [6, 6.07) is 23.0. The van der Waals surface area contributed by atoms with E-state index in [-0.39, 0.29) is 22.7 Å². The Bertz CT molecular complexity index is 1970. The molecule has 0 aliphatic carbocycles. The molecule has 0 unspecified atom stereocenters. The van der Waals surface area contributed by atoms with Gasteiger partial charge in [0.05, 0.1) is 17.5 Å². The van der Waals surface area contributed by atoms with Gasteiger partial charge in [-0.3, -0.25) is 15.0 Å². The Balaban J connectivity index is 1.51. The normalized spacial score (nSPS) is 12.5. The van der Waals surface area contributed by atoms with Gasteiger partial charge in [0.15, 0.2) is 0 Å². The Morgan fingerprint density at radius 3 is 2.33 bits per heavy atom. The number of nitrogens with one attached hydrogen (secondary N) is 1. The molecule has 1 amide bonds. The zero-order chi connectivity index (χ0) is 32.6. The van der Waals surface area contributed by atoms with Crippen molar-refractivity contribution in [2.75, 3.05) is 0 Å². The van der Waals surface area contributed by atoms with E-state index in [4.69, 9.17) is 9.62 Å². The minimum atomic E-state index is -4.72. The summed E-state index contributed by atoms with van der Waals surface area (Å²) in [6.45, 7) is 4.38. The summed E-state index contributed by atoms with van der Waals surface area (Å²) >= 11 is 0. The first-order chi connectivity index (χ1) is 21.2. The second-order valence-corrected chi connectivity index (χ2v) is 13.0. The van der Waals surface area contributed by atoms with Crippen LogP contribution < -0.4 is 5.48 Å². The summed E-state index contributed by atoms with van der Waals surface area (Å²) < 4.78 is 74.4. The fourth-order valence-electron chi connectivity index (χ4n) is 5.05. The van der Waals surface area contributed by atoms with Crippen molar-refractivity contribution < 1.29 is 36.0 Å². The number of carbonyl (C=O) groups excluding carboxylic acids is 1. The molecule has 0 aliphatic heterocycles. The van der Waals surface area contributed by atoms with Gasteiger partial charge in [-0.2, -0.15) is 17.5 Å². The van der Waals surface area contributed by atoms with Gasteiger partial charge in [-0.25, -0.2) is 13.9 Å². The number of amides is 1. The fourth-order valence-corrected chi connectivity index (χ4v) is 6.82. The number of sulfonamides is 1. The maximum absolute atomic E-state index is 14.3. The first-order valence-electron chi connectivity index (χ1n) is 13.9. The van der Waals surface area contributed by atoms with Gasteiger partial charge in [-0.05, 0) is 66.8 Å². The average Bonchev–Trinajstić information content (AvgIpc) is 3.50. The summed E-state index contributed by atoms with van der Waals surface area (Å²) in [5.74, 6) is -1.95. The van der Waals surface area contributed by atoms with E-state index in [1.165, 1.54) is 6.20 Å². The molecule has 2 heterocycles. The SMILES string of the molecule is Cc1ccc2cccnc2c1S(=O)(=O)N(Cc1ccc(-c2cccc(C(C)(C)C(=O)NO)c2)cc1)Cc1ccc(C(F)(F)F)o1. The molecular formula is C33H30F3N3O5S. The van der Waals surface area contributed by atoms with Gasteiger partial charge in [0, 0.05) is 18.1 Å². The van der Waals surface area contributed by atoms with E-state index < -0.39 is 39.8 Å². The van der Waals surface area contributed by atoms with Crippen LogP contribution in [-0.4, -0.2) is 28.8 Å². The third-order valence-electron chi connectivity index (χ3n) is 7.70. The fraction of sp³-hybridized carbons (Fsp3) is 0.212. The molecule has 2 N–H and O–H groups in total. The van der Waals surface area contributed by atoms with Gasteiger partial charge in [-0.15, -0.1) is 0 Å². The average molecular weight is 638 g/mol. The van der Waals surface area contributed by atoms with Crippen molar-refractivity contribution in [2.24, 2.45) is 0 Å². The van der Waals surface area contributed by atoms with E-state index in [2.05, 4.69) is 4.98 Å². The lowest BCUT2D eigenvalue weighted by Gasteiger charge is -2.24. The third kappa shape index (κ3) is 6.48. The molecule has 234 valence electrons. The smallest absolute Gasteiger partial charge is 0.449 e. The van der Waals surface area contributed by atoms with Gasteiger partial charge in [0.2, 0.25) is 15.8 Å². The molecule has 12 heteroatoms. The molecular weight excluding hydrogens is 607 g/mol. The Morgan fingerprint density at radius 1 is 0.933 bits per heavy atom. The van der Waals surface area contributed by atoms with Gasteiger partial charge in [-0.1, -0.05) is 66.7 Å². The van der Waals surface area contributed by atoms with Crippen molar-refractivity contribution >= 4 is 26.8 Å². The minimum absolute atomic E-state index is 0.0360. The van der Waals surface area contributed by atoms with Crippen LogP contribution in [0.3, 0.4) is 0 Å². The molecule has 8 nitrogen and oxygen atoms in total. The predicted molar refractivity (Wildman–Crippen MR) is 161 cm³/mol. The van der Waals surface area contributed by atoms with Crippen LogP contribution in [0.1, 0.15) is 42.1 Å². The molecule has 45 heavy (non-hydrogen) atoms. The molecule has 0 spiro atoms. The van der Waals surface area contributed by atoms with Crippen molar-refractivity contribution in [3.63, 3.8) is 0 Å². The highest BCUT2D eigenvalue weighted by Gasteiger charge is 2.36. The monoisotopic (exact) mass is 637 g/mol. The maximum atomic E-state index is 14.3. The van der Waals surface area contributed by atoms with E-state index >= 15 is 0 Å². The number of aryl methyl sites for hydroxylation is 1. The lowest BCUT2D eigenvalue weighted by Crippen LogP contribution is -2.38. The second kappa shape index (κ2) is 12.1. The van der Waals surface area contributed by atoms with Gasteiger partial charge in [0.1, 0.15) is 10.7 Å². The van der Waals surface area contributed by atoms with Crippen LogP contribution in [0.2, 0.25) is 0 Å². The Kier molecular flexibility index (Phi) is 8.58. The van der Waals surface area contributed by atoms with E-state index in [0.29, 0.717) is 22.1 Å². The largest absolute Gasteiger partial charge is 0.455 e. The van der Waals surface area contributed by atoms with Gasteiger partial charge in [0.25, 0.3) is 5.91 Å². The van der Waals surface area contributed by atoms with Crippen molar-refractivity contribution in [3.05, 3.63) is 119 Å². The van der Waals surface area contributed by atoms with E-state index in [1.54, 1.807) is 86.9 Å². The summed E-state index contributed by atoms with van der Waals surface area (Å²) in [4.78, 5) is 16.5. The predicted octanol–water partition coefficient (Wildman–Crippen LogP) is 7.00. The number of pyridine rings is 1. The first-order valence-corrected chi connectivity index (χ1v) is 15.3. The molecule has 0 saturated carbocycles. The number of aromatic nitrogens is 1. The van der Waals surface area contributed by atoms with Crippen molar-refractivity contribution in [1.29, 1.82) is 0 Å². The van der Waals surface area contributed by atoms with Crippen molar-refractivity contribution in [3.8, 4) is 11.1 Å². The summed E-state index contributed by atoms with van der Waals surface area (Å²) in [6.07, 6.45) is -3.24. The summed E-state index contributed by atoms with van der Waals surface area (Å²) in [5.41, 5.74) is 4.20. The molecule has 3 aromatic carbocycles. The number of rotatable bonds is 9. The molecule has 5 aromatic rings. The van der Waals surface area contributed by atoms with Crippen LogP contribution >= 0.6 is 0 Å². The van der Waals surface area contributed by atoms with Crippen LogP contribution in [0, 0.1) is 6.92 Å². The Morgan fingerprint density at radius 2 is 1.67 bits per heavy atom. The number of hydroxylamine groups is 1. The van der Waals surface area contributed by atoms with Crippen molar-refractivity contribution in [2.45, 2.75) is 50.3 Å². The number of fused-ring (bicyclic) bond motifs is 1. The van der Waals surface area contributed by atoms with Gasteiger partial charge < -0.3 is 4.42 Å². The highest BCUT2D eigenvalue weighted by Crippen LogP contribution is 2.34. The molecule has 0 fully saturated rings. The van der Waals surface area contributed by atoms with E-state index in [1.807, 2.05) is 12.1 Å². The quantitative estimate of drug-likeness (QED) is 0.133. The Labute approximate surface area is 258 Å². The second-order valence-electron chi connectivity index (χ2n) is 11.2. The van der Waals surface area contributed by atoms with Crippen LogP contribution in [0.4, 0.5) is 13.2 Å². The molecule has 0 radical (unpaired) electrons. The molecule has 0 atom stereocenters. The number of hydrogen-bond acceptors (Lipinski definition) is 6. The molecule has 0 saturated heterocycles. The van der Waals surface area contributed by atoms with Crippen molar-refractivity contribution in [1.82, 2.24) is 14.8 Å². The van der Waals surface area contributed by atoms with E-state index in [9.17, 15) is 26.4 Å². The maximum Gasteiger partial charge on any atom is 0.449 e.